The van der Waals surface area contributed by atoms with Crippen molar-refractivity contribution in [3.8, 4) is 0 Å². The Balaban J connectivity index is 2.70. The van der Waals surface area contributed by atoms with Crippen LogP contribution in [0.25, 0.3) is 0 Å². The molecule has 0 atom stereocenters. The third-order valence-electron chi connectivity index (χ3n) is 2.33. The largest absolute Gasteiger partial charge is 0.416 e. The lowest BCUT2D eigenvalue weighted by atomic mass is 10.0. The fourth-order valence-electron chi connectivity index (χ4n) is 1.49. The Morgan fingerprint density at radius 3 is 2.56 bits per heavy atom. The second kappa shape index (κ2) is 6.39. The van der Waals surface area contributed by atoms with Crippen molar-refractivity contribution in [2.24, 2.45) is 0 Å². The number of hydrogen-bond acceptors (Lipinski definition) is 2. The van der Waals surface area contributed by atoms with Gasteiger partial charge in [-0.2, -0.15) is 13.2 Å². The topological polar surface area (TPSA) is 49.3 Å². The van der Waals surface area contributed by atoms with E-state index >= 15 is 0 Å². The van der Waals surface area contributed by atoms with Crippen LogP contribution >= 0.6 is 0 Å². The number of carbonyl (C=O) groups is 1. The number of rotatable bonds is 5. The van der Waals surface area contributed by atoms with Gasteiger partial charge >= 0.3 is 6.18 Å². The molecule has 0 saturated carbocycles. The molecule has 0 aromatic heterocycles. The highest BCUT2D eigenvalue weighted by Gasteiger charge is 2.33. The van der Waals surface area contributed by atoms with Gasteiger partial charge in [-0.15, -0.1) is 0 Å². The lowest BCUT2D eigenvalue weighted by molar-refractivity contribution is -0.138. The van der Waals surface area contributed by atoms with E-state index in [-0.39, 0.29) is 25.1 Å². The van der Waals surface area contributed by atoms with Crippen LogP contribution in [0.4, 0.5) is 13.2 Å². The molecule has 1 aromatic rings. The number of aliphatic hydroxyl groups excluding tert-OH is 1. The van der Waals surface area contributed by atoms with Crippen LogP contribution < -0.4 is 5.32 Å². The van der Waals surface area contributed by atoms with Crippen molar-refractivity contribution in [1.29, 1.82) is 0 Å². The van der Waals surface area contributed by atoms with Gasteiger partial charge in [-0.3, -0.25) is 4.79 Å². The van der Waals surface area contributed by atoms with E-state index in [2.05, 4.69) is 5.32 Å². The summed E-state index contributed by atoms with van der Waals surface area (Å²) in [6.07, 6.45) is -4.39. The van der Waals surface area contributed by atoms with Gasteiger partial charge in [0, 0.05) is 13.2 Å². The van der Waals surface area contributed by atoms with Crippen LogP contribution in [0.5, 0.6) is 0 Å². The summed E-state index contributed by atoms with van der Waals surface area (Å²) < 4.78 is 37.9. The van der Waals surface area contributed by atoms with E-state index in [1.165, 1.54) is 18.2 Å². The number of hydrogen-bond donors (Lipinski definition) is 2. The van der Waals surface area contributed by atoms with E-state index in [0.29, 0.717) is 6.42 Å². The molecular formula is C12H14F3NO2. The first kappa shape index (κ1) is 14.5. The van der Waals surface area contributed by atoms with Crippen LogP contribution in [0.1, 0.15) is 17.5 Å². The highest BCUT2D eigenvalue weighted by atomic mass is 19.4. The molecule has 3 nitrogen and oxygen atoms in total. The van der Waals surface area contributed by atoms with Crippen molar-refractivity contribution < 1.29 is 23.1 Å². The molecule has 1 aromatic carbocycles. The molecule has 6 heteroatoms. The Bertz CT molecular complexity index is 405. The van der Waals surface area contributed by atoms with Gasteiger partial charge in [-0.1, -0.05) is 18.2 Å². The van der Waals surface area contributed by atoms with Crippen molar-refractivity contribution in [1.82, 2.24) is 5.32 Å². The first-order chi connectivity index (χ1) is 8.45. The maximum atomic E-state index is 12.6. The molecule has 0 aliphatic heterocycles. The molecule has 0 aliphatic carbocycles. The maximum Gasteiger partial charge on any atom is 0.416 e. The SMILES string of the molecule is O=C(Cc1ccccc1C(F)(F)F)NCCCO. The number of amides is 1. The highest BCUT2D eigenvalue weighted by Crippen LogP contribution is 2.31. The molecule has 0 fully saturated rings. The van der Waals surface area contributed by atoms with Crippen LogP contribution in [0.2, 0.25) is 0 Å². The van der Waals surface area contributed by atoms with Gasteiger partial charge in [-0.05, 0) is 18.1 Å². The maximum absolute atomic E-state index is 12.6. The lowest BCUT2D eigenvalue weighted by Gasteiger charge is -2.12. The Hall–Kier alpha value is -1.56. The van der Waals surface area contributed by atoms with Gasteiger partial charge in [0.1, 0.15) is 0 Å². The van der Waals surface area contributed by atoms with Gasteiger partial charge in [0.05, 0.1) is 12.0 Å². The second-order valence-corrected chi connectivity index (χ2v) is 3.76. The Labute approximate surface area is 103 Å². The predicted molar refractivity (Wildman–Crippen MR) is 59.9 cm³/mol. The molecule has 0 aliphatic rings. The van der Waals surface area contributed by atoms with E-state index < -0.39 is 17.6 Å². The molecule has 18 heavy (non-hydrogen) atoms. The summed E-state index contributed by atoms with van der Waals surface area (Å²) in [6, 6.07) is 4.99. The van der Waals surface area contributed by atoms with E-state index in [1.807, 2.05) is 0 Å². The second-order valence-electron chi connectivity index (χ2n) is 3.76. The van der Waals surface area contributed by atoms with Gasteiger partial charge in [0.25, 0.3) is 0 Å². The Morgan fingerprint density at radius 2 is 1.94 bits per heavy atom. The van der Waals surface area contributed by atoms with Crippen molar-refractivity contribution in [3.63, 3.8) is 0 Å². The van der Waals surface area contributed by atoms with E-state index in [4.69, 9.17) is 5.11 Å². The highest BCUT2D eigenvalue weighted by molar-refractivity contribution is 5.78. The first-order valence-corrected chi connectivity index (χ1v) is 5.48. The number of benzene rings is 1. The minimum absolute atomic E-state index is 0.0495. The van der Waals surface area contributed by atoms with Gasteiger partial charge in [-0.25, -0.2) is 0 Å². The summed E-state index contributed by atoms with van der Waals surface area (Å²) in [5.74, 6) is -0.486. The number of aliphatic hydroxyl groups is 1. The minimum atomic E-state index is -4.46. The van der Waals surface area contributed by atoms with E-state index in [9.17, 15) is 18.0 Å². The smallest absolute Gasteiger partial charge is 0.396 e. The van der Waals surface area contributed by atoms with E-state index in [1.54, 1.807) is 0 Å². The molecule has 0 saturated heterocycles. The third-order valence-corrected chi connectivity index (χ3v) is 2.33. The fourth-order valence-corrected chi connectivity index (χ4v) is 1.49. The van der Waals surface area contributed by atoms with Crippen molar-refractivity contribution >= 4 is 5.91 Å². The molecule has 1 rings (SSSR count). The molecule has 2 N–H and O–H groups in total. The first-order valence-electron chi connectivity index (χ1n) is 5.48. The van der Waals surface area contributed by atoms with Gasteiger partial charge < -0.3 is 10.4 Å². The zero-order valence-electron chi connectivity index (χ0n) is 9.63. The molecular weight excluding hydrogens is 247 g/mol. The molecule has 0 unspecified atom stereocenters. The van der Waals surface area contributed by atoms with Crippen LogP contribution in [0, 0.1) is 0 Å². The zero-order valence-corrected chi connectivity index (χ0v) is 9.63. The molecule has 0 spiro atoms. The average molecular weight is 261 g/mol. The Kier molecular flexibility index (Phi) is 5.15. The number of halogens is 3. The Morgan fingerprint density at radius 1 is 1.28 bits per heavy atom. The molecule has 100 valence electrons. The van der Waals surface area contributed by atoms with Crippen molar-refractivity contribution in [2.75, 3.05) is 13.2 Å². The quantitative estimate of drug-likeness (QED) is 0.793. The normalized spacial score (nSPS) is 11.3. The number of nitrogens with one attached hydrogen (secondary N) is 1. The molecule has 0 heterocycles. The fraction of sp³-hybridized carbons (Fsp3) is 0.417. The van der Waals surface area contributed by atoms with Gasteiger partial charge in [0.15, 0.2) is 0 Å². The average Bonchev–Trinajstić information content (AvgIpc) is 2.28. The van der Waals surface area contributed by atoms with E-state index in [0.717, 1.165) is 6.07 Å². The minimum Gasteiger partial charge on any atom is -0.396 e. The molecule has 0 bridgehead atoms. The summed E-state index contributed by atoms with van der Waals surface area (Å²) in [6.45, 7) is 0.183. The summed E-state index contributed by atoms with van der Waals surface area (Å²) in [7, 11) is 0. The monoisotopic (exact) mass is 261 g/mol. The number of carbonyl (C=O) groups excluding carboxylic acids is 1. The summed E-state index contributed by atoms with van der Waals surface area (Å²) in [5, 5.41) is 11.0. The van der Waals surface area contributed by atoms with Crippen LogP contribution in [-0.2, 0) is 17.4 Å². The summed E-state index contributed by atoms with van der Waals surface area (Å²) >= 11 is 0. The predicted octanol–water partition coefficient (Wildman–Crippen LogP) is 1.75. The number of alkyl halides is 3. The third kappa shape index (κ3) is 4.37. The summed E-state index contributed by atoms with van der Waals surface area (Å²) in [5.41, 5.74) is -0.839. The van der Waals surface area contributed by atoms with Crippen molar-refractivity contribution in [3.05, 3.63) is 35.4 Å². The zero-order chi connectivity index (χ0) is 13.6. The van der Waals surface area contributed by atoms with Crippen LogP contribution in [-0.4, -0.2) is 24.2 Å². The lowest BCUT2D eigenvalue weighted by Crippen LogP contribution is -2.27. The standard InChI is InChI=1S/C12H14F3NO2/c13-12(14,15)10-5-2-1-4-9(10)8-11(18)16-6-3-7-17/h1-2,4-5,17H,3,6-8H2,(H,16,18). The van der Waals surface area contributed by atoms with Crippen LogP contribution in [0.15, 0.2) is 24.3 Å². The van der Waals surface area contributed by atoms with Crippen LogP contribution in [0.3, 0.4) is 0 Å². The van der Waals surface area contributed by atoms with Gasteiger partial charge in [0.2, 0.25) is 5.91 Å². The molecule has 1 amide bonds. The summed E-state index contributed by atoms with van der Waals surface area (Å²) in [4.78, 5) is 11.4. The molecule has 0 radical (unpaired) electrons. The van der Waals surface area contributed by atoms with Crippen molar-refractivity contribution in [2.45, 2.75) is 19.0 Å².